The van der Waals surface area contributed by atoms with Gasteiger partial charge in [0.15, 0.2) is 0 Å². The molecule has 0 saturated carbocycles. The minimum Gasteiger partial charge on any atom is -0.410 e. The number of fused-ring (bicyclic) bond motifs is 1. The van der Waals surface area contributed by atoms with E-state index >= 15 is 0 Å². The fourth-order valence-corrected chi connectivity index (χ4v) is 3.39. The van der Waals surface area contributed by atoms with Crippen molar-refractivity contribution in [3.8, 4) is 0 Å². The number of oxime groups is 1. The second-order valence-electron chi connectivity index (χ2n) is 6.68. The molecule has 0 bridgehead atoms. The molecular weight excluding hydrogens is 366 g/mol. The predicted molar refractivity (Wildman–Crippen MR) is 96.3 cm³/mol. The highest BCUT2D eigenvalue weighted by molar-refractivity contribution is 5.97. The maximum Gasteiger partial charge on any atom is 0.406 e. The average Bonchev–Trinajstić information content (AvgIpc) is 2.92. The van der Waals surface area contributed by atoms with Gasteiger partial charge in [0.25, 0.3) is 0 Å². The first-order chi connectivity index (χ1) is 12.8. The van der Waals surface area contributed by atoms with Crippen LogP contribution < -0.4 is 10.6 Å². The molecule has 1 fully saturated rings. The van der Waals surface area contributed by atoms with Crippen LogP contribution in [0.3, 0.4) is 0 Å². The zero-order valence-electron chi connectivity index (χ0n) is 14.7. The van der Waals surface area contributed by atoms with E-state index < -0.39 is 24.9 Å². The summed E-state index contributed by atoms with van der Waals surface area (Å²) in [6, 6.07) is 6.02. The van der Waals surface area contributed by atoms with Crippen LogP contribution in [0.4, 0.5) is 29.1 Å². The third-order valence-corrected chi connectivity index (χ3v) is 4.64. The summed E-state index contributed by atoms with van der Waals surface area (Å²) >= 11 is 0. The topological polar surface area (TPSA) is 64.8 Å². The molecule has 27 heavy (non-hydrogen) atoms. The fourth-order valence-electron chi connectivity index (χ4n) is 3.39. The van der Waals surface area contributed by atoms with Gasteiger partial charge in [-0.1, -0.05) is 11.2 Å². The van der Waals surface area contributed by atoms with E-state index in [2.05, 4.69) is 15.8 Å². The van der Waals surface area contributed by atoms with Crippen molar-refractivity contribution in [3.63, 3.8) is 0 Å². The van der Waals surface area contributed by atoms with Crippen molar-refractivity contribution in [3.05, 3.63) is 24.3 Å². The number of rotatable bonds is 5. The average molecular weight is 387 g/mol. The Morgan fingerprint density at radius 1 is 1.37 bits per heavy atom. The van der Waals surface area contributed by atoms with Gasteiger partial charge >= 0.3 is 6.18 Å². The summed E-state index contributed by atoms with van der Waals surface area (Å²) in [6.45, 7) is -0.160. The van der Waals surface area contributed by atoms with E-state index in [1.54, 1.807) is 18.2 Å². The normalized spacial score (nSPS) is 21.8. The highest BCUT2D eigenvalue weighted by atomic mass is 19.4. The van der Waals surface area contributed by atoms with Crippen molar-refractivity contribution in [1.29, 1.82) is 0 Å². The Hall–Kier alpha value is -2.49. The Morgan fingerprint density at radius 2 is 2.15 bits per heavy atom. The van der Waals surface area contributed by atoms with Gasteiger partial charge in [0, 0.05) is 24.2 Å². The molecule has 0 aliphatic carbocycles. The molecule has 0 amide bonds. The second-order valence-corrected chi connectivity index (χ2v) is 6.68. The predicted octanol–water partition coefficient (Wildman–Crippen LogP) is 3.49. The molecule has 3 rings (SSSR count). The third-order valence-electron chi connectivity index (χ3n) is 4.64. The summed E-state index contributed by atoms with van der Waals surface area (Å²) < 4.78 is 54.4. The van der Waals surface area contributed by atoms with Crippen LogP contribution in [0.15, 0.2) is 29.4 Å². The third kappa shape index (κ3) is 4.44. The summed E-state index contributed by atoms with van der Waals surface area (Å²) in [7, 11) is 1.85. The van der Waals surface area contributed by atoms with Crippen molar-refractivity contribution in [1.82, 2.24) is 9.47 Å². The Balaban J connectivity index is 1.97. The van der Waals surface area contributed by atoms with E-state index in [4.69, 9.17) is 5.21 Å². The van der Waals surface area contributed by atoms with Crippen LogP contribution >= 0.6 is 0 Å². The van der Waals surface area contributed by atoms with Crippen molar-refractivity contribution in [2.24, 2.45) is 5.16 Å². The molecule has 10 heteroatoms. The number of piperidine rings is 1. The van der Waals surface area contributed by atoms with Gasteiger partial charge < -0.3 is 25.3 Å². The van der Waals surface area contributed by atoms with Crippen molar-refractivity contribution < 1.29 is 22.8 Å². The van der Waals surface area contributed by atoms with Crippen LogP contribution in [0.25, 0.3) is 10.9 Å². The van der Waals surface area contributed by atoms with Gasteiger partial charge in [-0.3, -0.25) is 0 Å². The first-order valence-electron chi connectivity index (χ1n) is 8.49. The van der Waals surface area contributed by atoms with Gasteiger partial charge in [0.2, 0.25) is 0 Å². The number of aromatic nitrogens is 1. The lowest BCUT2D eigenvalue weighted by molar-refractivity contribution is -0.139. The molecule has 1 saturated heterocycles. The molecule has 2 heterocycles. The fraction of sp³-hybridized carbons (Fsp3) is 0.471. The molecule has 0 radical (unpaired) electrons. The zero-order valence-corrected chi connectivity index (χ0v) is 14.7. The van der Waals surface area contributed by atoms with Gasteiger partial charge in [-0.2, -0.15) is 13.2 Å². The van der Waals surface area contributed by atoms with Crippen molar-refractivity contribution >= 4 is 28.7 Å². The lowest BCUT2D eigenvalue weighted by Crippen LogP contribution is -2.46. The Labute approximate surface area is 153 Å². The molecular formula is C17H21F4N5O. The first kappa shape index (κ1) is 19.3. The van der Waals surface area contributed by atoms with Crippen LogP contribution in [0.1, 0.15) is 6.42 Å². The van der Waals surface area contributed by atoms with Crippen LogP contribution in [0.5, 0.6) is 0 Å². The van der Waals surface area contributed by atoms with Crippen LogP contribution in [-0.4, -0.2) is 59.5 Å². The number of likely N-dealkylation sites (tertiary alicyclic amines) is 1. The number of nitrogens with zero attached hydrogens (tertiary/aromatic N) is 3. The maximum absolute atomic E-state index is 14.3. The smallest absolute Gasteiger partial charge is 0.406 e. The highest BCUT2D eigenvalue weighted by Gasteiger charge is 2.31. The zero-order chi connectivity index (χ0) is 19.6. The van der Waals surface area contributed by atoms with E-state index in [1.165, 1.54) is 6.07 Å². The molecule has 148 valence electrons. The summed E-state index contributed by atoms with van der Waals surface area (Å²) in [4.78, 5) is 1.90. The molecule has 2 atom stereocenters. The van der Waals surface area contributed by atoms with E-state index in [9.17, 15) is 17.6 Å². The minimum atomic E-state index is -4.43. The van der Waals surface area contributed by atoms with Gasteiger partial charge in [0.05, 0.1) is 11.6 Å². The number of nitrogens with one attached hydrogen (secondary N) is 2. The van der Waals surface area contributed by atoms with Gasteiger partial charge in [-0.05, 0) is 31.7 Å². The van der Waals surface area contributed by atoms with Crippen molar-refractivity contribution in [2.75, 3.05) is 30.8 Å². The van der Waals surface area contributed by atoms with E-state index in [0.29, 0.717) is 29.6 Å². The number of benzene rings is 1. The van der Waals surface area contributed by atoms with E-state index in [0.717, 1.165) is 17.5 Å². The number of halogens is 4. The monoisotopic (exact) mass is 387 g/mol. The molecule has 3 N–H and O–H groups in total. The number of anilines is 2. The summed E-state index contributed by atoms with van der Waals surface area (Å²) in [6.07, 6.45) is -4.02. The lowest BCUT2D eigenvalue weighted by Gasteiger charge is -2.33. The molecule has 2 aromatic rings. The molecule has 0 unspecified atom stereocenters. The molecule has 6 nitrogen and oxygen atoms in total. The molecule has 1 aromatic carbocycles. The van der Waals surface area contributed by atoms with Crippen LogP contribution in [0, 0.1) is 0 Å². The van der Waals surface area contributed by atoms with Crippen LogP contribution in [0.2, 0.25) is 0 Å². The Morgan fingerprint density at radius 3 is 2.81 bits per heavy atom. The molecule has 1 aromatic heterocycles. The first-order valence-corrected chi connectivity index (χ1v) is 8.49. The highest BCUT2D eigenvalue weighted by Crippen LogP contribution is 2.33. The molecule has 0 spiro atoms. The van der Waals surface area contributed by atoms with Gasteiger partial charge in [-0.25, -0.2) is 4.39 Å². The number of hydrogen-bond acceptors (Lipinski definition) is 4. The summed E-state index contributed by atoms with van der Waals surface area (Å²) in [5.74, 6) is 0.120. The van der Waals surface area contributed by atoms with Gasteiger partial charge in [-0.15, -0.1) is 0 Å². The maximum atomic E-state index is 14.3. The summed E-state index contributed by atoms with van der Waals surface area (Å²) in [5.41, 5.74) is 0.907. The molecule has 1 aliphatic heterocycles. The minimum absolute atomic E-state index is 0.120. The lowest BCUT2D eigenvalue weighted by atomic mass is 10.0. The van der Waals surface area contributed by atoms with E-state index in [-0.39, 0.29) is 5.82 Å². The Bertz CT molecular complexity index is 819. The van der Waals surface area contributed by atoms with Crippen LogP contribution in [-0.2, 0) is 6.54 Å². The standard InChI is InChI=1S/C17H21F4N5O/c1-25-6-5-14(12(18)8-25)24-13-3-2-4-15-11(13)7-16(22-10-23-27)26(15)9-17(19,20)21/h2-4,7,10,12,14,24,27H,5-6,8-9H2,1H3,(H,22,23)/t12-,14+/m0/s1. The molecule has 1 aliphatic rings. The largest absolute Gasteiger partial charge is 0.410 e. The second kappa shape index (κ2) is 7.63. The number of hydrogen-bond donors (Lipinski definition) is 3. The number of alkyl halides is 4. The quantitative estimate of drug-likeness (QED) is 0.242. The van der Waals surface area contributed by atoms with Gasteiger partial charge in [0.1, 0.15) is 24.9 Å². The Kier molecular flexibility index (Phi) is 5.45. The van der Waals surface area contributed by atoms with E-state index in [1.807, 2.05) is 11.9 Å². The SMILES string of the molecule is CN1CC[C@@H](Nc2cccc3c2cc(NC=NO)n3CC(F)(F)F)[C@@H](F)C1. The summed E-state index contributed by atoms with van der Waals surface area (Å²) in [5, 5.41) is 17.5. The van der Waals surface area contributed by atoms with Crippen molar-refractivity contribution in [2.45, 2.75) is 31.4 Å².